The van der Waals surface area contributed by atoms with Crippen molar-refractivity contribution in [3.8, 4) is 6.01 Å². The first-order valence-electron chi connectivity index (χ1n) is 5.95. The molecule has 1 aromatic heterocycles. The van der Waals surface area contributed by atoms with Gasteiger partial charge in [-0.25, -0.2) is 0 Å². The molecule has 0 saturated carbocycles. The highest BCUT2D eigenvalue weighted by Gasteiger charge is 2.20. The van der Waals surface area contributed by atoms with Gasteiger partial charge in [0.25, 0.3) is 0 Å². The van der Waals surface area contributed by atoms with Crippen molar-refractivity contribution in [1.82, 2.24) is 15.0 Å². The molecule has 1 saturated heterocycles. The molecule has 0 radical (unpaired) electrons. The van der Waals surface area contributed by atoms with E-state index in [1.54, 1.807) is 14.2 Å². The topological polar surface area (TPSA) is 63.2 Å². The van der Waals surface area contributed by atoms with Gasteiger partial charge in [0, 0.05) is 20.1 Å². The Bertz CT molecular complexity index is 362. The Morgan fingerprint density at radius 1 is 1.35 bits per heavy atom. The molecule has 1 aromatic rings. The van der Waals surface area contributed by atoms with Crippen LogP contribution in [0.5, 0.6) is 6.01 Å². The van der Waals surface area contributed by atoms with Crippen LogP contribution in [0.1, 0.15) is 19.8 Å². The zero-order chi connectivity index (χ0) is 12.3. The van der Waals surface area contributed by atoms with E-state index in [1.807, 2.05) is 0 Å². The van der Waals surface area contributed by atoms with Crippen molar-refractivity contribution < 1.29 is 4.74 Å². The van der Waals surface area contributed by atoms with Crippen LogP contribution in [-0.2, 0) is 0 Å². The molecular weight excluding hydrogens is 218 g/mol. The van der Waals surface area contributed by atoms with E-state index in [0.29, 0.717) is 23.8 Å². The first-order chi connectivity index (χ1) is 8.22. The van der Waals surface area contributed by atoms with Gasteiger partial charge in [-0.3, -0.25) is 0 Å². The van der Waals surface area contributed by atoms with E-state index in [2.05, 4.69) is 32.1 Å². The van der Waals surface area contributed by atoms with Gasteiger partial charge < -0.3 is 15.0 Å². The normalized spacial score (nSPS) is 20.2. The third-order valence-corrected chi connectivity index (χ3v) is 2.95. The summed E-state index contributed by atoms with van der Waals surface area (Å²) >= 11 is 0. The van der Waals surface area contributed by atoms with E-state index < -0.39 is 0 Å². The van der Waals surface area contributed by atoms with Crippen molar-refractivity contribution in [3.05, 3.63) is 0 Å². The van der Waals surface area contributed by atoms with Crippen LogP contribution in [0, 0.1) is 5.92 Å². The van der Waals surface area contributed by atoms with Crippen LogP contribution in [0.3, 0.4) is 0 Å². The summed E-state index contributed by atoms with van der Waals surface area (Å²) in [6.07, 6.45) is 2.46. The van der Waals surface area contributed by atoms with Crippen LogP contribution in [0.15, 0.2) is 0 Å². The van der Waals surface area contributed by atoms with Crippen molar-refractivity contribution in [2.24, 2.45) is 5.92 Å². The highest BCUT2D eigenvalue weighted by molar-refractivity contribution is 5.38. The van der Waals surface area contributed by atoms with Crippen molar-refractivity contribution in [1.29, 1.82) is 0 Å². The lowest BCUT2D eigenvalue weighted by molar-refractivity contribution is 0.376. The lowest BCUT2D eigenvalue weighted by atomic mass is 10.0. The Hall–Kier alpha value is -1.59. The van der Waals surface area contributed by atoms with E-state index in [1.165, 1.54) is 12.8 Å². The van der Waals surface area contributed by atoms with Crippen LogP contribution in [0.4, 0.5) is 11.9 Å². The molecule has 1 atom stereocenters. The third kappa shape index (κ3) is 2.75. The molecule has 1 N–H and O–H groups in total. The monoisotopic (exact) mass is 237 g/mol. The van der Waals surface area contributed by atoms with Crippen molar-refractivity contribution >= 4 is 11.9 Å². The maximum Gasteiger partial charge on any atom is 0.322 e. The summed E-state index contributed by atoms with van der Waals surface area (Å²) in [6.45, 7) is 4.25. The van der Waals surface area contributed by atoms with E-state index in [0.717, 1.165) is 13.1 Å². The molecule has 0 aliphatic carbocycles. The number of aromatic nitrogens is 3. The van der Waals surface area contributed by atoms with Crippen molar-refractivity contribution in [2.45, 2.75) is 19.8 Å². The predicted octanol–water partition coefficient (Wildman–Crippen LogP) is 1.16. The molecule has 0 spiro atoms. The summed E-state index contributed by atoms with van der Waals surface area (Å²) in [4.78, 5) is 15.0. The zero-order valence-corrected chi connectivity index (χ0v) is 10.6. The maximum absolute atomic E-state index is 5.09. The second-order valence-corrected chi connectivity index (χ2v) is 4.39. The Morgan fingerprint density at radius 3 is 2.82 bits per heavy atom. The Balaban J connectivity index is 2.23. The minimum Gasteiger partial charge on any atom is -0.467 e. The van der Waals surface area contributed by atoms with Crippen LogP contribution in [0.2, 0.25) is 0 Å². The summed E-state index contributed by atoms with van der Waals surface area (Å²) in [6, 6.07) is 0.359. The number of hydrogen-bond donors (Lipinski definition) is 1. The fourth-order valence-corrected chi connectivity index (χ4v) is 2.06. The van der Waals surface area contributed by atoms with Crippen molar-refractivity contribution in [2.75, 3.05) is 37.5 Å². The zero-order valence-electron chi connectivity index (χ0n) is 10.6. The SMILES string of the molecule is CNc1nc(OC)nc(N2CCCC(C)C2)n1. The Morgan fingerprint density at radius 2 is 2.18 bits per heavy atom. The number of methoxy groups -OCH3 is 1. The molecule has 6 heteroatoms. The molecule has 0 bridgehead atoms. The summed E-state index contributed by atoms with van der Waals surface area (Å²) < 4.78 is 5.09. The van der Waals surface area contributed by atoms with Gasteiger partial charge in [-0.2, -0.15) is 15.0 Å². The lowest BCUT2D eigenvalue weighted by Gasteiger charge is -2.30. The minimum atomic E-state index is 0.359. The summed E-state index contributed by atoms with van der Waals surface area (Å²) in [5, 5.41) is 2.92. The number of ether oxygens (including phenoxy) is 1. The highest BCUT2D eigenvalue weighted by Crippen LogP contribution is 2.21. The van der Waals surface area contributed by atoms with Gasteiger partial charge in [0.2, 0.25) is 11.9 Å². The van der Waals surface area contributed by atoms with E-state index in [9.17, 15) is 0 Å². The minimum absolute atomic E-state index is 0.359. The number of piperidine rings is 1. The van der Waals surface area contributed by atoms with Gasteiger partial charge in [0.15, 0.2) is 0 Å². The molecule has 2 rings (SSSR count). The van der Waals surface area contributed by atoms with E-state index in [4.69, 9.17) is 4.74 Å². The first-order valence-corrected chi connectivity index (χ1v) is 5.95. The fraction of sp³-hybridized carbons (Fsp3) is 0.727. The van der Waals surface area contributed by atoms with Gasteiger partial charge >= 0.3 is 6.01 Å². The standard InChI is InChI=1S/C11H19N5O/c1-8-5-4-6-16(7-8)10-13-9(12-2)14-11(15-10)17-3/h8H,4-7H2,1-3H3,(H,12,13,14,15). The third-order valence-electron chi connectivity index (χ3n) is 2.95. The molecular formula is C11H19N5O. The van der Waals surface area contributed by atoms with Gasteiger partial charge in [0.1, 0.15) is 0 Å². The second-order valence-electron chi connectivity index (χ2n) is 4.39. The van der Waals surface area contributed by atoms with Gasteiger partial charge in [-0.05, 0) is 18.8 Å². The second kappa shape index (κ2) is 5.16. The molecule has 94 valence electrons. The predicted molar refractivity (Wildman–Crippen MR) is 66.5 cm³/mol. The van der Waals surface area contributed by atoms with E-state index >= 15 is 0 Å². The largest absolute Gasteiger partial charge is 0.467 e. The molecule has 1 unspecified atom stereocenters. The lowest BCUT2D eigenvalue weighted by Crippen LogP contribution is -2.35. The number of nitrogens with zero attached hydrogens (tertiary/aromatic N) is 4. The molecule has 17 heavy (non-hydrogen) atoms. The van der Waals surface area contributed by atoms with Gasteiger partial charge in [-0.15, -0.1) is 0 Å². The smallest absolute Gasteiger partial charge is 0.322 e. The number of hydrogen-bond acceptors (Lipinski definition) is 6. The van der Waals surface area contributed by atoms with Crippen LogP contribution < -0.4 is 15.0 Å². The maximum atomic E-state index is 5.09. The molecule has 1 aliphatic heterocycles. The Kier molecular flexibility index (Phi) is 3.61. The molecule has 0 aromatic carbocycles. The van der Waals surface area contributed by atoms with Crippen LogP contribution in [-0.4, -0.2) is 42.2 Å². The fourth-order valence-electron chi connectivity index (χ4n) is 2.06. The molecule has 1 fully saturated rings. The number of rotatable bonds is 3. The number of anilines is 2. The van der Waals surface area contributed by atoms with Gasteiger partial charge in [0.05, 0.1) is 7.11 Å². The van der Waals surface area contributed by atoms with E-state index in [-0.39, 0.29) is 0 Å². The quantitative estimate of drug-likeness (QED) is 0.851. The van der Waals surface area contributed by atoms with Gasteiger partial charge in [-0.1, -0.05) is 6.92 Å². The van der Waals surface area contributed by atoms with Crippen LogP contribution >= 0.6 is 0 Å². The molecule has 1 aliphatic rings. The molecule has 6 nitrogen and oxygen atoms in total. The summed E-state index contributed by atoms with van der Waals surface area (Å²) in [5.74, 6) is 1.93. The van der Waals surface area contributed by atoms with Crippen molar-refractivity contribution in [3.63, 3.8) is 0 Å². The first kappa shape index (κ1) is 11.9. The highest BCUT2D eigenvalue weighted by atomic mass is 16.5. The average Bonchev–Trinajstić information content (AvgIpc) is 2.38. The molecule has 2 heterocycles. The Labute approximate surface area is 101 Å². The summed E-state index contributed by atoms with van der Waals surface area (Å²) in [7, 11) is 3.36. The number of nitrogens with one attached hydrogen (secondary N) is 1. The molecule has 0 amide bonds. The van der Waals surface area contributed by atoms with Crippen LogP contribution in [0.25, 0.3) is 0 Å². The average molecular weight is 237 g/mol. The summed E-state index contributed by atoms with van der Waals surface area (Å²) in [5.41, 5.74) is 0.